The molecular weight excluding hydrogens is 400 g/mol. The number of nitrogens with one attached hydrogen (secondary N) is 1. The number of amides is 4. The average Bonchev–Trinajstić information content (AvgIpc) is 2.74. The molecule has 0 aliphatic carbocycles. The van der Waals surface area contributed by atoms with Gasteiger partial charge >= 0.3 is 6.03 Å². The zero-order valence-electron chi connectivity index (χ0n) is 17.6. The largest absolute Gasteiger partial charge is 0.494 e. The molecule has 1 saturated heterocycles. The smallest absolute Gasteiger partial charge is 0.336 e. The van der Waals surface area contributed by atoms with Gasteiger partial charge in [-0.25, -0.2) is 9.69 Å². The van der Waals surface area contributed by atoms with Crippen LogP contribution in [0.15, 0.2) is 48.0 Å². The number of anilines is 1. The Balaban J connectivity index is 2.00. The highest BCUT2D eigenvalue weighted by Crippen LogP contribution is 2.35. The topological polar surface area (TPSA) is 94.2 Å². The van der Waals surface area contributed by atoms with E-state index in [1.807, 2.05) is 13.8 Å². The standard InChI is InChI=1S/C23H24N2O6/c1-4-29-16-9-7-15(8-10-16)13-18-21(26)24-23(28)25(22(18)27)19-14-17(30-5-2)11-12-20(19)31-6-3/h7-14H,4-6H2,1-3H3,(H,24,26,28)/b18-13+. The number of rotatable bonds is 8. The summed E-state index contributed by atoms with van der Waals surface area (Å²) >= 11 is 0. The van der Waals surface area contributed by atoms with Gasteiger partial charge in [-0.05, 0) is 56.7 Å². The average molecular weight is 424 g/mol. The maximum Gasteiger partial charge on any atom is 0.336 e. The van der Waals surface area contributed by atoms with Crippen LogP contribution in [-0.2, 0) is 9.59 Å². The SMILES string of the molecule is CCOc1ccc(/C=C2\C(=O)NC(=O)N(c3cc(OCC)ccc3OCC)C2=O)cc1. The number of benzene rings is 2. The lowest BCUT2D eigenvalue weighted by Crippen LogP contribution is -2.54. The summed E-state index contributed by atoms with van der Waals surface area (Å²) in [7, 11) is 0. The summed E-state index contributed by atoms with van der Waals surface area (Å²) in [6, 6.07) is 10.9. The van der Waals surface area contributed by atoms with Crippen molar-refractivity contribution in [1.29, 1.82) is 0 Å². The summed E-state index contributed by atoms with van der Waals surface area (Å²) in [5.74, 6) is -0.0500. The number of carbonyl (C=O) groups excluding carboxylic acids is 3. The van der Waals surface area contributed by atoms with Crippen LogP contribution >= 0.6 is 0 Å². The van der Waals surface area contributed by atoms with Gasteiger partial charge in [-0.2, -0.15) is 0 Å². The van der Waals surface area contributed by atoms with E-state index >= 15 is 0 Å². The lowest BCUT2D eigenvalue weighted by Gasteiger charge is -2.28. The van der Waals surface area contributed by atoms with E-state index < -0.39 is 17.8 Å². The second-order valence-electron chi connectivity index (χ2n) is 6.46. The zero-order valence-corrected chi connectivity index (χ0v) is 17.6. The molecule has 1 aliphatic heterocycles. The van der Waals surface area contributed by atoms with Crippen LogP contribution in [0, 0.1) is 0 Å². The Bertz CT molecular complexity index is 1010. The molecule has 4 amide bonds. The maximum atomic E-state index is 13.2. The maximum absolute atomic E-state index is 13.2. The van der Waals surface area contributed by atoms with Gasteiger partial charge in [0.15, 0.2) is 0 Å². The van der Waals surface area contributed by atoms with E-state index in [0.29, 0.717) is 42.6 Å². The van der Waals surface area contributed by atoms with Gasteiger partial charge in [-0.3, -0.25) is 14.9 Å². The number of imide groups is 2. The molecule has 0 aromatic heterocycles. The van der Waals surface area contributed by atoms with E-state index in [4.69, 9.17) is 14.2 Å². The predicted octanol–water partition coefficient (Wildman–Crippen LogP) is 3.55. The Hall–Kier alpha value is -3.81. The normalized spacial score (nSPS) is 15.1. The summed E-state index contributed by atoms with van der Waals surface area (Å²) in [5.41, 5.74) is 0.637. The molecule has 1 fully saturated rings. The van der Waals surface area contributed by atoms with Crippen LogP contribution in [0.1, 0.15) is 26.3 Å². The summed E-state index contributed by atoms with van der Waals surface area (Å²) in [5, 5.41) is 2.22. The second-order valence-corrected chi connectivity index (χ2v) is 6.46. The number of carbonyl (C=O) groups is 3. The first kappa shape index (κ1) is 21.9. The number of ether oxygens (including phenoxy) is 3. The van der Waals surface area contributed by atoms with Crippen molar-refractivity contribution in [3.63, 3.8) is 0 Å². The summed E-state index contributed by atoms with van der Waals surface area (Å²) in [6.07, 6.45) is 1.43. The molecule has 1 N–H and O–H groups in total. The zero-order chi connectivity index (χ0) is 22.4. The first-order valence-corrected chi connectivity index (χ1v) is 10.0. The molecule has 162 valence electrons. The fourth-order valence-electron chi connectivity index (χ4n) is 3.08. The van der Waals surface area contributed by atoms with Gasteiger partial charge < -0.3 is 14.2 Å². The Morgan fingerprint density at radius 3 is 2.10 bits per heavy atom. The van der Waals surface area contributed by atoms with Crippen molar-refractivity contribution in [3.8, 4) is 17.2 Å². The molecule has 0 saturated carbocycles. The first-order valence-electron chi connectivity index (χ1n) is 10.0. The van der Waals surface area contributed by atoms with Gasteiger partial charge in [0.1, 0.15) is 22.8 Å². The van der Waals surface area contributed by atoms with Crippen LogP contribution in [0.25, 0.3) is 6.08 Å². The lowest BCUT2D eigenvalue weighted by atomic mass is 10.1. The highest BCUT2D eigenvalue weighted by Gasteiger charge is 2.38. The van der Waals surface area contributed by atoms with E-state index in [9.17, 15) is 14.4 Å². The molecule has 1 aliphatic rings. The highest BCUT2D eigenvalue weighted by atomic mass is 16.5. The van der Waals surface area contributed by atoms with E-state index in [-0.39, 0.29) is 11.3 Å². The Labute approximate surface area is 180 Å². The minimum absolute atomic E-state index is 0.173. The van der Waals surface area contributed by atoms with E-state index in [2.05, 4.69) is 5.32 Å². The van der Waals surface area contributed by atoms with Gasteiger partial charge in [-0.15, -0.1) is 0 Å². The molecule has 0 unspecified atom stereocenters. The van der Waals surface area contributed by atoms with Crippen LogP contribution in [0.2, 0.25) is 0 Å². The van der Waals surface area contributed by atoms with E-state index in [1.165, 1.54) is 12.1 Å². The van der Waals surface area contributed by atoms with Crippen LogP contribution in [0.3, 0.4) is 0 Å². The van der Waals surface area contributed by atoms with Crippen molar-refractivity contribution in [2.45, 2.75) is 20.8 Å². The number of hydrogen-bond donors (Lipinski definition) is 1. The van der Waals surface area contributed by atoms with Gasteiger partial charge in [0, 0.05) is 6.07 Å². The van der Waals surface area contributed by atoms with Crippen molar-refractivity contribution < 1.29 is 28.6 Å². The molecule has 2 aromatic rings. The lowest BCUT2D eigenvalue weighted by molar-refractivity contribution is -0.122. The van der Waals surface area contributed by atoms with Crippen molar-refractivity contribution in [3.05, 3.63) is 53.6 Å². The summed E-state index contributed by atoms with van der Waals surface area (Å²) in [6.45, 7) is 6.77. The van der Waals surface area contributed by atoms with E-state index in [0.717, 1.165) is 4.90 Å². The minimum Gasteiger partial charge on any atom is -0.494 e. The van der Waals surface area contributed by atoms with Gasteiger partial charge in [0.25, 0.3) is 11.8 Å². The highest BCUT2D eigenvalue weighted by molar-refractivity contribution is 6.39. The first-order chi connectivity index (χ1) is 15.0. The van der Waals surface area contributed by atoms with Crippen molar-refractivity contribution in [2.75, 3.05) is 24.7 Å². The third kappa shape index (κ3) is 4.85. The summed E-state index contributed by atoms with van der Waals surface area (Å²) < 4.78 is 16.5. The molecular formula is C23H24N2O6. The fourth-order valence-corrected chi connectivity index (χ4v) is 3.08. The van der Waals surface area contributed by atoms with Crippen molar-refractivity contribution >= 4 is 29.6 Å². The predicted molar refractivity (Wildman–Crippen MR) is 115 cm³/mol. The third-order valence-corrected chi connectivity index (χ3v) is 4.39. The second kappa shape index (κ2) is 9.80. The Kier molecular flexibility index (Phi) is 6.92. The third-order valence-electron chi connectivity index (χ3n) is 4.39. The number of nitrogens with zero attached hydrogens (tertiary/aromatic N) is 1. The molecule has 31 heavy (non-hydrogen) atoms. The molecule has 0 radical (unpaired) electrons. The molecule has 8 heteroatoms. The minimum atomic E-state index is -0.853. The quantitative estimate of drug-likeness (QED) is 0.515. The monoisotopic (exact) mass is 424 g/mol. The Morgan fingerprint density at radius 1 is 0.839 bits per heavy atom. The van der Waals surface area contributed by atoms with Crippen molar-refractivity contribution in [2.24, 2.45) is 0 Å². The molecule has 0 spiro atoms. The molecule has 1 heterocycles. The van der Waals surface area contributed by atoms with Gasteiger partial charge in [0.2, 0.25) is 0 Å². The van der Waals surface area contributed by atoms with Gasteiger partial charge in [-0.1, -0.05) is 12.1 Å². The Morgan fingerprint density at radius 2 is 1.45 bits per heavy atom. The number of hydrogen-bond acceptors (Lipinski definition) is 6. The summed E-state index contributed by atoms with van der Waals surface area (Å²) in [4.78, 5) is 39.1. The van der Waals surface area contributed by atoms with Gasteiger partial charge in [0.05, 0.1) is 25.5 Å². The van der Waals surface area contributed by atoms with Crippen LogP contribution in [0.5, 0.6) is 17.2 Å². The molecule has 8 nitrogen and oxygen atoms in total. The molecule has 0 atom stereocenters. The van der Waals surface area contributed by atoms with Crippen molar-refractivity contribution in [1.82, 2.24) is 5.32 Å². The fraction of sp³-hybridized carbons (Fsp3) is 0.261. The van der Waals surface area contributed by atoms with Crippen LogP contribution < -0.4 is 24.4 Å². The number of urea groups is 1. The molecule has 0 bridgehead atoms. The number of barbiturate groups is 1. The van der Waals surface area contributed by atoms with E-state index in [1.54, 1.807) is 43.3 Å². The molecule has 3 rings (SSSR count). The molecule has 2 aromatic carbocycles. The van der Waals surface area contributed by atoms with Crippen LogP contribution in [0.4, 0.5) is 10.5 Å². The van der Waals surface area contributed by atoms with Crippen LogP contribution in [-0.4, -0.2) is 37.7 Å².